The maximum Gasteiger partial charge on any atom is 0.232 e. The number of Topliss-reactive ketones (excluding diaryl/α,β-unsaturated/α-hetero) is 1. The standard InChI is InChI=1S/C19H19NO3S/c21-16-7-6-14-18(22)17(11-13-5-4-10-24-13)23-19(14)15(16)12-20-8-2-1-3-9-20/h4-7,10-11,21H,1-3,8-9,12H2/p+1/b17-11+. The van der Waals surface area contributed by atoms with Crippen molar-refractivity contribution >= 4 is 23.2 Å². The van der Waals surface area contributed by atoms with Gasteiger partial charge in [0.05, 0.1) is 24.2 Å². The fourth-order valence-electron chi connectivity index (χ4n) is 3.45. The van der Waals surface area contributed by atoms with E-state index in [0.717, 1.165) is 23.5 Å². The van der Waals surface area contributed by atoms with Gasteiger partial charge < -0.3 is 14.7 Å². The maximum absolute atomic E-state index is 12.6. The Balaban J connectivity index is 1.66. The Morgan fingerprint density at radius 2 is 2.04 bits per heavy atom. The number of benzene rings is 1. The number of carbonyl (C=O) groups is 1. The monoisotopic (exact) mass is 342 g/mol. The molecule has 3 heterocycles. The first-order valence-electron chi connectivity index (χ1n) is 8.38. The van der Waals surface area contributed by atoms with Crippen LogP contribution in [0.4, 0.5) is 0 Å². The highest BCUT2D eigenvalue weighted by molar-refractivity contribution is 7.10. The lowest BCUT2D eigenvalue weighted by atomic mass is 10.0. The molecule has 0 bridgehead atoms. The minimum atomic E-state index is -0.103. The summed E-state index contributed by atoms with van der Waals surface area (Å²) < 4.78 is 5.89. The smallest absolute Gasteiger partial charge is 0.232 e. The van der Waals surface area contributed by atoms with E-state index in [1.807, 2.05) is 17.5 Å². The predicted octanol–water partition coefficient (Wildman–Crippen LogP) is 2.64. The minimum Gasteiger partial charge on any atom is -0.507 e. The number of nitrogens with one attached hydrogen (secondary N) is 1. The van der Waals surface area contributed by atoms with Crippen molar-refractivity contribution in [1.29, 1.82) is 0 Å². The Bertz CT molecular complexity index is 789. The predicted molar refractivity (Wildman–Crippen MR) is 93.6 cm³/mol. The van der Waals surface area contributed by atoms with E-state index in [4.69, 9.17) is 4.74 Å². The third-order valence-corrected chi connectivity index (χ3v) is 5.54. The van der Waals surface area contributed by atoms with Crippen LogP contribution in [-0.4, -0.2) is 24.0 Å². The third kappa shape index (κ3) is 2.85. The molecule has 24 heavy (non-hydrogen) atoms. The number of rotatable bonds is 3. The quantitative estimate of drug-likeness (QED) is 0.843. The Morgan fingerprint density at radius 3 is 2.79 bits per heavy atom. The van der Waals surface area contributed by atoms with Crippen molar-refractivity contribution in [2.24, 2.45) is 0 Å². The van der Waals surface area contributed by atoms with Gasteiger partial charge in [0.15, 0.2) is 11.5 Å². The second kappa shape index (κ2) is 6.42. The van der Waals surface area contributed by atoms with Crippen LogP contribution in [0.1, 0.15) is 40.1 Å². The zero-order valence-corrected chi connectivity index (χ0v) is 14.2. The molecule has 2 aliphatic rings. The van der Waals surface area contributed by atoms with Crippen LogP contribution in [-0.2, 0) is 6.54 Å². The van der Waals surface area contributed by atoms with Crippen LogP contribution in [0, 0.1) is 0 Å². The molecule has 4 nitrogen and oxygen atoms in total. The van der Waals surface area contributed by atoms with Gasteiger partial charge in [0.1, 0.15) is 12.3 Å². The van der Waals surface area contributed by atoms with Gasteiger partial charge in [-0.25, -0.2) is 0 Å². The lowest BCUT2D eigenvalue weighted by molar-refractivity contribution is -0.918. The molecule has 5 heteroatoms. The summed E-state index contributed by atoms with van der Waals surface area (Å²) >= 11 is 1.56. The van der Waals surface area contributed by atoms with Crippen LogP contribution in [0.2, 0.25) is 0 Å². The average molecular weight is 342 g/mol. The van der Waals surface area contributed by atoms with E-state index in [-0.39, 0.29) is 11.5 Å². The third-order valence-electron chi connectivity index (χ3n) is 4.72. The number of aromatic hydroxyl groups is 1. The van der Waals surface area contributed by atoms with Crippen LogP contribution in [0.3, 0.4) is 0 Å². The Morgan fingerprint density at radius 1 is 1.21 bits per heavy atom. The van der Waals surface area contributed by atoms with Crippen LogP contribution >= 0.6 is 11.3 Å². The molecule has 1 saturated heterocycles. The molecule has 1 aromatic heterocycles. The van der Waals surface area contributed by atoms with Crippen LogP contribution in [0.5, 0.6) is 11.5 Å². The van der Waals surface area contributed by atoms with Crippen LogP contribution < -0.4 is 9.64 Å². The molecule has 0 aliphatic carbocycles. The molecule has 1 fully saturated rings. The lowest BCUT2D eigenvalue weighted by Gasteiger charge is -2.24. The van der Waals surface area contributed by atoms with Crippen molar-refractivity contribution in [1.82, 2.24) is 0 Å². The highest BCUT2D eigenvalue weighted by Crippen LogP contribution is 2.39. The van der Waals surface area contributed by atoms with Gasteiger partial charge in [-0.2, -0.15) is 0 Å². The fourth-order valence-corrected chi connectivity index (χ4v) is 4.10. The molecular formula is C19H20NO3S+. The SMILES string of the molecule is O=C1/C(=C\c2cccs2)Oc2c1ccc(O)c2C[NH+]1CCCCC1. The Hall–Kier alpha value is -2.11. The summed E-state index contributed by atoms with van der Waals surface area (Å²) in [6.07, 6.45) is 5.50. The largest absolute Gasteiger partial charge is 0.507 e. The number of ether oxygens (including phenoxy) is 1. The number of carbonyl (C=O) groups excluding carboxylic acids is 1. The Labute approximate surface area is 145 Å². The van der Waals surface area contributed by atoms with Crippen molar-refractivity contribution < 1.29 is 19.5 Å². The summed E-state index contributed by atoms with van der Waals surface area (Å²) in [5.41, 5.74) is 1.31. The number of ketones is 1. The first-order chi connectivity index (χ1) is 11.7. The van der Waals surface area contributed by atoms with Gasteiger partial charge in [-0.1, -0.05) is 6.07 Å². The number of hydrogen-bond donors (Lipinski definition) is 2. The van der Waals surface area contributed by atoms with Crippen LogP contribution in [0.25, 0.3) is 6.08 Å². The van der Waals surface area contributed by atoms with E-state index >= 15 is 0 Å². The normalized spacial score (nSPS) is 19.5. The summed E-state index contributed by atoms with van der Waals surface area (Å²) in [4.78, 5) is 15.0. The molecule has 0 saturated carbocycles. The molecule has 2 aliphatic heterocycles. The number of quaternary nitrogens is 1. The number of phenolic OH excluding ortho intramolecular Hbond substituents is 1. The van der Waals surface area contributed by atoms with Crippen molar-refractivity contribution in [3.8, 4) is 11.5 Å². The minimum absolute atomic E-state index is 0.103. The van der Waals surface area contributed by atoms with E-state index in [0.29, 0.717) is 23.6 Å². The number of fused-ring (bicyclic) bond motifs is 1. The molecule has 0 spiro atoms. The van der Waals surface area contributed by atoms with Crippen molar-refractivity contribution in [2.45, 2.75) is 25.8 Å². The summed E-state index contributed by atoms with van der Waals surface area (Å²) in [6.45, 7) is 2.92. The van der Waals surface area contributed by atoms with Gasteiger partial charge in [0.25, 0.3) is 0 Å². The van der Waals surface area contributed by atoms with Crippen molar-refractivity contribution in [3.63, 3.8) is 0 Å². The number of hydrogen-bond acceptors (Lipinski definition) is 4. The van der Waals surface area contributed by atoms with Gasteiger partial charge >= 0.3 is 0 Å². The van der Waals surface area contributed by atoms with E-state index in [1.165, 1.54) is 24.2 Å². The molecule has 0 amide bonds. The van der Waals surface area contributed by atoms with E-state index in [2.05, 4.69) is 0 Å². The van der Waals surface area contributed by atoms with Crippen LogP contribution in [0.15, 0.2) is 35.4 Å². The molecule has 124 valence electrons. The van der Waals surface area contributed by atoms with Gasteiger partial charge in [-0.3, -0.25) is 4.79 Å². The molecule has 0 atom stereocenters. The molecule has 1 aromatic carbocycles. The second-order valence-electron chi connectivity index (χ2n) is 6.38. The van der Waals surface area contributed by atoms with Gasteiger partial charge in [0, 0.05) is 11.0 Å². The van der Waals surface area contributed by atoms with E-state index in [1.54, 1.807) is 29.5 Å². The van der Waals surface area contributed by atoms with E-state index < -0.39 is 0 Å². The Kier molecular flexibility index (Phi) is 4.12. The number of allylic oxidation sites excluding steroid dienone is 1. The second-order valence-corrected chi connectivity index (χ2v) is 7.36. The zero-order chi connectivity index (χ0) is 16.5. The first-order valence-corrected chi connectivity index (χ1v) is 9.26. The zero-order valence-electron chi connectivity index (χ0n) is 13.4. The van der Waals surface area contributed by atoms with E-state index in [9.17, 15) is 9.90 Å². The summed E-state index contributed by atoms with van der Waals surface area (Å²) in [6, 6.07) is 7.18. The summed E-state index contributed by atoms with van der Waals surface area (Å²) in [5, 5.41) is 12.3. The molecule has 2 aromatic rings. The number of phenols is 1. The molecule has 0 radical (unpaired) electrons. The highest BCUT2D eigenvalue weighted by Gasteiger charge is 2.32. The maximum atomic E-state index is 12.6. The van der Waals surface area contributed by atoms with Crippen molar-refractivity contribution in [3.05, 3.63) is 51.4 Å². The van der Waals surface area contributed by atoms with Gasteiger partial charge in [-0.15, -0.1) is 11.3 Å². The molecule has 4 rings (SSSR count). The molecule has 0 unspecified atom stereocenters. The topological polar surface area (TPSA) is 51.0 Å². The van der Waals surface area contributed by atoms with Gasteiger partial charge in [0.2, 0.25) is 5.78 Å². The van der Waals surface area contributed by atoms with Gasteiger partial charge in [-0.05, 0) is 42.8 Å². The summed E-state index contributed by atoms with van der Waals surface area (Å²) in [7, 11) is 0. The lowest BCUT2D eigenvalue weighted by Crippen LogP contribution is -3.11. The summed E-state index contributed by atoms with van der Waals surface area (Å²) in [5.74, 6) is 0.999. The molecular weight excluding hydrogens is 322 g/mol. The number of likely N-dealkylation sites (tertiary alicyclic amines) is 1. The average Bonchev–Trinajstić information content (AvgIpc) is 3.21. The molecule has 2 N–H and O–H groups in total. The fraction of sp³-hybridized carbons (Fsp3) is 0.316. The number of thiophene rings is 1. The highest BCUT2D eigenvalue weighted by atomic mass is 32.1. The number of piperidine rings is 1. The van der Waals surface area contributed by atoms with Crippen molar-refractivity contribution in [2.75, 3.05) is 13.1 Å². The first kappa shape index (κ1) is 15.4.